The molecule has 132 valence electrons. The third-order valence-electron chi connectivity index (χ3n) is 4.44. The van der Waals surface area contributed by atoms with Crippen LogP contribution in [0.2, 0.25) is 0 Å². The van der Waals surface area contributed by atoms with Gasteiger partial charge in [0.05, 0.1) is 0 Å². The second kappa shape index (κ2) is 9.30. The standard InChI is InChI=1S/C19H30N4O/c1-4-5-12-20-19(21-14-18(24)22(2)3)23-13-11-17(15-23)16-9-7-6-8-10-16/h6-10,17H,4-5,11-15H2,1-3H3,(H,20,21). The Bertz CT molecular complexity index is 542. The SMILES string of the molecule is CCCCNC(=NCC(=O)N(C)C)N1CCC(c2ccccc2)C1. The molecule has 1 unspecified atom stereocenters. The number of unbranched alkanes of at least 4 members (excludes halogenated alkanes) is 1. The van der Waals surface area contributed by atoms with Gasteiger partial charge in [0, 0.05) is 39.6 Å². The maximum Gasteiger partial charge on any atom is 0.243 e. The van der Waals surface area contributed by atoms with Crippen LogP contribution in [0, 0.1) is 0 Å². The van der Waals surface area contributed by atoms with Crippen LogP contribution in [0.1, 0.15) is 37.7 Å². The Balaban J connectivity index is 2.01. The van der Waals surface area contributed by atoms with Crippen molar-refractivity contribution in [1.29, 1.82) is 0 Å². The van der Waals surface area contributed by atoms with Crippen LogP contribution in [0.3, 0.4) is 0 Å². The first kappa shape index (κ1) is 18.3. The summed E-state index contributed by atoms with van der Waals surface area (Å²) in [6.45, 7) is 5.22. The smallest absolute Gasteiger partial charge is 0.243 e. The fraction of sp³-hybridized carbons (Fsp3) is 0.579. The van der Waals surface area contributed by atoms with Gasteiger partial charge in [-0.15, -0.1) is 0 Å². The van der Waals surface area contributed by atoms with Crippen molar-refractivity contribution in [3.63, 3.8) is 0 Å². The molecule has 5 nitrogen and oxygen atoms in total. The number of carbonyl (C=O) groups excluding carboxylic acids is 1. The summed E-state index contributed by atoms with van der Waals surface area (Å²) in [6, 6.07) is 10.7. The van der Waals surface area contributed by atoms with Crippen molar-refractivity contribution < 1.29 is 4.79 Å². The van der Waals surface area contributed by atoms with Gasteiger partial charge in [-0.2, -0.15) is 0 Å². The van der Waals surface area contributed by atoms with E-state index in [9.17, 15) is 4.79 Å². The quantitative estimate of drug-likeness (QED) is 0.495. The fourth-order valence-corrected chi connectivity index (χ4v) is 2.88. The molecule has 1 heterocycles. The molecule has 0 aliphatic carbocycles. The van der Waals surface area contributed by atoms with Gasteiger partial charge in [0.25, 0.3) is 0 Å². The van der Waals surface area contributed by atoms with E-state index in [1.54, 1.807) is 19.0 Å². The minimum atomic E-state index is 0.0311. The van der Waals surface area contributed by atoms with Gasteiger partial charge in [0.2, 0.25) is 5.91 Å². The molecule has 1 N–H and O–H groups in total. The molecule has 24 heavy (non-hydrogen) atoms. The lowest BCUT2D eigenvalue weighted by Gasteiger charge is -2.22. The molecule has 1 atom stereocenters. The number of rotatable bonds is 6. The number of carbonyl (C=O) groups is 1. The van der Waals surface area contributed by atoms with E-state index in [2.05, 4.69) is 52.5 Å². The molecular weight excluding hydrogens is 300 g/mol. The van der Waals surface area contributed by atoms with Gasteiger partial charge < -0.3 is 15.1 Å². The zero-order valence-corrected chi connectivity index (χ0v) is 15.2. The molecule has 0 radical (unpaired) electrons. The van der Waals surface area contributed by atoms with E-state index in [1.165, 1.54) is 5.56 Å². The monoisotopic (exact) mass is 330 g/mol. The number of amides is 1. The lowest BCUT2D eigenvalue weighted by atomic mass is 9.99. The fourth-order valence-electron chi connectivity index (χ4n) is 2.88. The molecule has 0 aromatic heterocycles. The van der Waals surface area contributed by atoms with Crippen molar-refractivity contribution in [3.8, 4) is 0 Å². The Hall–Kier alpha value is -2.04. The highest BCUT2D eigenvalue weighted by atomic mass is 16.2. The maximum absolute atomic E-state index is 11.9. The minimum absolute atomic E-state index is 0.0311. The second-order valence-corrected chi connectivity index (χ2v) is 6.55. The van der Waals surface area contributed by atoms with Crippen LogP contribution in [0.5, 0.6) is 0 Å². The molecule has 0 spiro atoms. The lowest BCUT2D eigenvalue weighted by Crippen LogP contribution is -2.41. The van der Waals surface area contributed by atoms with Crippen molar-refractivity contribution in [1.82, 2.24) is 15.1 Å². The Morgan fingerprint density at radius 3 is 2.75 bits per heavy atom. The van der Waals surface area contributed by atoms with Gasteiger partial charge >= 0.3 is 0 Å². The van der Waals surface area contributed by atoms with Crippen molar-refractivity contribution in [3.05, 3.63) is 35.9 Å². The number of likely N-dealkylation sites (N-methyl/N-ethyl adjacent to an activating group) is 1. The van der Waals surface area contributed by atoms with Gasteiger partial charge in [-0.1, -0.05) is 43.7 Å². The van der Waals surface area contributed by atoms with Gasteiger partial charge in [-0.3, -0.25) is 4.79 Å². The summed E-state index contributed by atoms with van der Waals surface area (Å²) in [7, 11) is 3.53. The van der Waals surface area contributed by atoms with Gasteiger partial charge in [0.15, 0.2) is 5.96 Å². The summed E-state index contributed by atoms with van der Waals surface area (Å²) < 4.78 is 0. The number of nitrogens with one attached hydrogen (secondary N) is 1. The average molecular weight is 330 g/mol. The van der Waals surface area contributed by atoms with Crippen LogP contribution in [0.4, 0.5) is 0 Å². The number of hydrogen-bond donors (Lipinski definition) is 1. The molecule has 0 saturated carbocycles. The summed E-state index contributed by atoms with van der Waals surface area (Å²) in [5.41, 5.74) is 1.39. The highest BCUT2D eigenvalue weighted by molar-refractivity contribution is 5.85. The van der Waals surface area contributed by atoms with Crippen molar-refractivity contribution in [2.45, 2.75) is 32.1 Å². The topological polar surface area (TPSA) is 47.9 Å². The van der Waals surface area contributed by atoms with Crippen molar-refractivity contribution >= 4 is 11.9 Å². The van der Waals surface area contributed by atoms with Crippen LogP contribution < -0.4 is 5.32 Å². The maximum atomic E-state index is 11.9. The van der Waals surface area contributed by atoms with Crippen LogP contribution in [-0.2, 0) is 4.79 Å². The van der Waals surface area contributed by atoms with E-state index in [-0.39, 0.29) is 12.5 Å². The third-order valence-corrected chi connectivity index (χ3v) is 4.44. The van der Waals surface area contributed by atoms with Gasteiger partial charge in [-0.25, -0.2) is 4.99 Å². The summed E-state index contributed by atoms with van der Waals surface area (Å²) in [5.74, 6) is 1.44. The van der Waals surface area contributed by atoms with Crippen LogP contribution in [-0.4, -0.2) is 61.9 Å². The number of hydrogen-bond acceptors (Lipinski definition) is 2. The lowest BCUT2D eigenvalue weighted by molar-refractivity contribution is -0.127. The number of likely N-dealkylation sites (tertiary alicyclic amines) is 1. The molecule has 0 bridgehead atoms. The Morgan fingerprint density at radius 2 is 2.08 bits per heavy atom. The first-order chi connectivity index (χ1) is 11.6. The van der Waals surface area contributed by atoms with Crippen LogP contribution in [0.25, 0.3) is 0 Å². The largest absolute Gasteiger partial charge is 0.356 e. The highest BCUT2D eigenvalue weighted by Gasteiger charge is 2.26. The molecule has 1 aliphatic heterocycles. The van der Waals surface area contributed by atoms with E-state index in [4.69, 9.17) is 0 Å². The zero-order chi connectivity index (χ0) is 17.4. The number of nitrogens with zero attached hydrogens (tertiary/aromatic N) is 3. The predicted molar refractivity (Wildman–Crippen MR) is 99.3 cm³/mol. The van der Waals surface area contributed by atoms with E-state index in [0.29, 0.717) is 5.92 Å². The Morgan fingerprint density at radius 1 is 1.33 bits per heavy atom. The predicted octanol–water partition coefficient (Wildman–Crippen LogP) is 2.31. The normalized spacial score (nSPS) is 17.9. The molecule has 1 amide bonds. The molecule has 2 rings (SSSR count). The zero-order valence-electron chi connectivity index (χ0n) is 15.2. The Kier molecular flexibility index (Phi) is 7.09. The highest BCUT2D eigenvalue weighted by Crippen LogP contribution is 2.26. The van der Waals surface area contributed by atoms with Crippen LogP contribution in [0.15, 0.2) is 35.3 Å². The first-order valence-corrected chi connectivity index (χ1v) is 8.90. The van der Waals surface area contributed by atoms with Crippen molar-refractivity contribution in [2.24, 2.45) is 4.99 Å². The Labute approximate surface area is 145 Å². The van der Waals surface area contributed by atoms with Crippen LogP contribution >= 0.6 is 0 Å². The molecule has 5 heteroatoms. The van der Waals surface area contributed by atoms with Gasteiger partial charge in [-0.05, 0) is 18.4 Å². The molecule has 1 fully saturated rings. The van der Waals surface area contributed by atoms with E-state index >= 15 is 0 Å². The molecular formula is C19H30N4O. The summed E-state index contributed by atoms with van der Waals surface area (Å²) in [5, 5.41) is 3.43. The number of aliphatic imine (C=N–C) groups is 1. The van der Waals surface area contributed by atoms with E-state index in [0.717, 1.165) is 44.9 Å². The summed E-state index contributed by atoms with van der Waals surface area (Å²) >= 11 is 0. The third kappa shape index (κ3) is 5.25. The molecule has 1 aromatic carbocycles. The minimum Gasteiger partial charge on any atom is -0.356 e. The summed E-state index contributed by atoms with van der Waals surface area (Å²) in [4.78, 5) is 20.3. The molecule has 1 aromatic rings. The molecule has 1 aliphatic rings. The molecule has 1 saturated heterocycles. The van der Waals surface area contributed by atoms with Gasteiger partial charge in [0.1, 0.15) is 6.54 Å². The average Bonchev–Trinajstić information content (AvgIpc) is 3.08. The first-order valence-electron chi connectivity index (χ1n) is 8.90. The number of guanidine groups is 1. The van der Waals surface area contributed by atoms with E-state index in [1.807, 2.05) is 0 Å². The summed E-state index contributed by atoms with van der Waals surface area (Å²) in [6.07, 6.45) is 3.38. The number of benzene rings is 1. The van der Waals surface area contributed by atoms with E-state index < -0.39 is 0 Å². The van der Waals surface area contributed by atoms with Crippen molar-refractivity contribution in [2.75, 3.05) is 40.3 Å². The second-order valence-electron chi connectivity index (χ2n) is 6.55.